The Morgan fingerprint density at radius 3 is 2.73 bits per heavy atom. The van der Waals surface area contributed by atoms with Crippen LogP contribution in [0.1, 0.15) is 36.0 Å². The molecule has 0 bridgehead atoms. The zero-order valence-corrected chi connectivity index (χ0v) is 10.0. The van der Waals surface area contributed by atoms with Gasteiger partial charge in [-0.15, -0.1) is 0 Å². The van der Waals surface area contributed by atoms with Crippen molar-refractivity contribution in [2.45, 2.75) is 32.2 Å². The number of hydrogen-bond donors (Lipinski definition) is 1. The molecular formula is C11H14BrNO2. The molecule has 82 valence electrons. The fraction of sp³-hybridized carbons (Fsp3) is 0.545. The van der Waals surface area contributed by atoms with Crippen molar-refractivity contribution in [1.29, 1.82) is 0 Å². The third kappa shape index (κ3) is 2.43. The Balaban J connectivity index is 2.10. The van der Waals surface area contributed by atoms with Crippen molar-refractivity contribution in [3.05, 3.63) is 22.4 Å². The molecular weight excluding hydrogens is 258 g/mol. The highest BCUT2D eigenvalue weighted by Crippen LogP contribution is 2.28. The first-order chi connectivity index (χ1) is 7.16. The van der Waals surface area contributed by atoms with Crippen LogP contribution in [0.4, 0.5) is 0 Å². The SMILES string of the molecule is O=C(O)c1cc(Br)n(CC2CCCC2)c1. The van der Waals surface area contributed by atoms with Gasteiger partial charge in [0.05, 0.1) is 10.2 Å². The monoisotopic (exact) mass is 271 g/mol. The fourth-order valence-electron chi connectivity index (χ4n) is 2.21. The Kier molecular flexibility index (Phi) is 3.14. The second-order valence-corrected chi connectivity index (χ2v) is 4.97. The van der Waals surface area contributed by atoms with Crippen LogP contribution in [0.2, 0.25) is 0 Å². The molecule has 1 heterocycles. The van der Waals surface area contributed by atoms with Gasteiger partial charge in [0.1, 0.15) is 0 Å². The number of halogens is 1. The molecule has 1 aromatic rings. The maximum atomic E-state index is 10.8. The maximum absolute atomic E-state index is 10.8. The molecule has 0 spiro atoms. The van der Waals surface area contributed by atoms with Crippen LogP contribution in [0.3, 0.4) is 0 Å². The van der Waals surface area contributed by atoms with Gasteiger partial charge in [0.2, 0.25) is 0 Å². The van der Waals surface area contributed by atoms with Crippen molar-refractivity contribution < 1.29 is 9.90 Å². The molecule has 1 N–H and O–H groups in total. The molecule has 0 amide bonds. The summed E-state index contributed by atoms with van der Waals surface area (Å²) in [5.74, 6) is -0.142. The van der Waals surface area contributed by atoms with Gasteiger partial charge < -0.3 is 9.67 Å². The Hall–Kier alpha value is -0.770. The van der Waals surface area contributed by atoms with Crippen molar-refractivity contribution in [2.75, 3.05) is 0 Å². The number of aromatic nitrogens is 1. The maximum Gasteiger partial charge on any atom is 0.337 e. The molecule has 1 aliphatic carbocycles. The second kappa shape index (κ2) is 4.39. The van der Waals surface area contributed by atoms with E-state index in [-0.39, 0.29) is 0 Å². The van der Waals surface area contributed by atoms with Gasteiger partial charge in [-0.25, -0.2) is 4.79 Å². The van der Waals surface area contributed by atoms with Crippen molar-refractivity contribution >= 4 is 21.9 Å². The van der Waals surface area contributed by atoms with Crippen LogP contribution in [0.5, 0.6) is 0 Å². The summed E-state index contributed by atoms with van der Waals surface area (Å²) in [6, 6.07) is 1.66. The largest absolute Gasteiger partial charge is 0.478 e. The van der Waals surface area contributed by atoms with Gasteiger partial charge in [0.25, 0.3) is 0 Å². The minimum atomic E-state index is -0.860. The van der Waals surface area contributed by atoms with E-state index in [1.807, 2.05) is 4.57 Å². The lowest BCUT2D eigenvalue weighted by Crippen LogP contribution is -2.06. The van der Waals surface area contributed by atoms with Gasteiger partial charge in [-0.3, -0.25) is 0 Å². The lowest BCUT2D eigenvalue weighted by atomic mass is 10.1. The molecule has 1 saturated carbocycles. The van der Waals surface area contributed by atoms with Gasteiger partial charge in [-0.2, -0.15) is 0 Å². The summed E-state index contributed by atoms with van der Waals surface area (Å²) >= 11 is 3.39. The summed E-state index contributed by atoms with van der Waals surface area (Å²) < 4.78 is 2.87. The average molecular weight is 272 g/mol. The smallest absolute Gasteiger partial charge is 0.337 e. The standard InChI is InChI=1S/C11H14BrNO2/c12-10-5-9(11(14)15)7-13(10)6-8-3-1-2-4-8/h5,7-8H,1-4,6H2,(H,14,15). The van der Waals surface area contributed by atoms with E-state index >= 15 is 0 Å². The number of hydrogen-bond acceptors (Lipinski definition) is 1. The topological polar surface area (TPSA) is 42.2 Å². The minimum Gasteiger partial charge on any atom is -0.478 e. The van der Waals surface area contributed by atoms with Gasteiger partial charge >= 0.3 is 5.97 Å². The van der Waals surface area contributed by atoms with E-state index in [4.69, 9.17) is 5.11 Å². The van der Waals surface area contributed by atoms with Crippen molar-refractivity contribution in [3.63, 3.8) is 0 Å². The highest BCUT2D eigenvalue weighted by Gasteiger charge is 2.17. The number of nitrogens with zero attached hydrogens (tertiary/aromatic N) is 1. The number of carboxylic acid groups (broad SMARTS) is 1. The first-order valence-electron chi connectivity index (χ1n) is 5.26. The molecule has 4 heteroatoms. The first-order valence-corrected chi connectivity index (χ1v) is 6.05. The van der Waals surface area contributed by atoms with E-state index in [1.165, 1.54) is 25.7 Å². The Morgan fingerprint density at radius 2 is 2.20 bits per heavy atom. The van der Waals surface area contributed by atoms with Gasteiger partial charge in [0.15, 0.2) is 0 Å². The summed E-state index contributed by atoms with van der Waals surface area (Å²) in [5, 5.41) is 8.85. The lowest BCUT2D eigenvalue weighted by Gasteiger charge is -2.10. The van der Waals surface area contributed by atoms with E-state index < -0.39 is 5.97 Å². The third-order valence-corrected chi connectivity index (χ3v) is 3.70. The van der Waals surface area contributed by atoms with Crippen LogP contribution in [-0.4, -0.2) is 15.6 Å². The molecule has 0 radical (unpaired) electrons. The second-order valence-electron chi connectivity index (χ2n) is 4.16. The van der Waals surface area contributed by atoms with Crippen LogP contribution in [0.25, 0.3) is 0 Å². The summed E-state index contributed by atoms with van der Waals surface area (Å²) in [5.41, 5.74) is 0.361. The fourth-order valence-corrected chi connectivity index (χ4v) is 2.70. The van der Waals surface area contributed by atoms with Crippen LogP contribution < -0.4 is 0 Å². The molecule has 15 heavy (non-hydrogen) atoms. The zero-order chi connectivity index (χ0) is 10.8. The molecule has 1 aliphatic rings. The summed E-state index contributed by atoms with van der Waals surface area (Å²) in [4.78, 5) is 10.8. The summed E-state index contributed by atoms with van der Waals surface area (Å²) in [7, 11) is 0. The van der Waals surface area contributed by atoms with Crippen molar-refractivity contribution in [3.8, 4) is 0 Å². The molecule has 1 fully saturated rings. The van der Waals surface area contributed by atoms with E-state index in [0.29, 0.717) is 5.56 Å². The van der Waals surface area contributed by atoms with Crippen LogP contribution in [-0.2, 0) is 6.54 Å². The van der Waals surface area contributed by atoms with Crippen molar-refractivity contribution in [1.82, 2.24) is 4.57 Å². The number of rotatable bonds is 3. The van der Waals surface area contributed by atoms with Crippen LogP contribution in [0.15, 0.2) is 16.9 Å². The quantitative estimate of drug-likeness (QED) is 0.918. The number of carboxylic acids is 1. The lowest BCUT2D eigenvalue weighted by molar-refractivity contribution is 0.0697. The summed E-state index contributed by atoms with van der Waals surface area (Å²) in [6.07, 6.45) is 6.88. The number of carbonyl (C=O) groups is 1. The van der Waals surface area contributed by atoms with Crippen molar-refractivity contribution in [2.24, 2.45) is 5.92 Å². The Labute approximate surface area is 97.2 Å². The predicted molar refractivity (Wildman–Crippen MR) is 61.0 cm³/mol. The normalized spacial score (nSPS) is 17.1. The summed E-state index contributed by atoms with van der Waals surface area (Å²) in [6.45, 7) is 0.938. The molecule has 2 rings (SSSR count). The molecule has 0 unspecified atom stereocenters. The van der Waals surface area contributed by atoms with Crippen LogP contribution in [0, 0.1) is 5.92 Å². The predicted octanol–water partition coefficient (Wildman–Crippen LogP) is 3.14. The van der Waals surface area contributed by atoms with E-state index in [0.717, 1.165) is 17.1 Å². The van der Waals surface area contributed by atoms with E-state index in [2.05, 4.69) is 15.9 Å². The van der Waals surface area contributed by atoms with Gasteiger partial charge in [-0.05, 0) is 40.8 Å². The Bertz CT molecular complexity index is 367. The first kappa shape index (κ1) is 10.7. The number of aromatic carboxylic acids is 1. The molecule has 0 aliphatic heterocycles. The highest BCUT2D eigenvalue weighted by molar-refractivity contribution is 9.10. The average Bonchev–Trinajstić information content (AvgIpc) is 2.77. The Morgan fingerprint density at radius 1 is 1.53 bits per heavy atom. The molecule has 0 atom stereocenters. The van der Waals surface area contributed by atoms with E-state index in [9.17, 15) is 4.79 Å². The molecule has 0 saturated heterocycles. The van der Waals surface area contributed by atoms with Gasteiger partial charge in [0, 0.05) is 12.7 Å². The van der Waals surface area contributed by atoms with E-state index in [1.54, 1.807) is 12.3 Å². The van der Waals surface area contributed by atoms with Crippen LogP contribution >= 0.6 is 15.9 Å². The molecule has 1 aromatic heterocycles. The minimum absolute atomic E-state index is 0.361. The van der Waals surface area contributed by atoms with Gasteiger partial charge in [-0.1, -0.05) is 12.8 Å². The third-order valence-electron chi connectivity index (χ3n) is 3.02. The molecule has 3 nitrogen and oxygen atoms in total. The zero-order valence-electron chi connectivity index (χ0n) is 8.45. The molecule has 0 aromatic carbocycles. The highest BCUT2D eigenvalue weighted by atomic mass is 79.9.